The molecule has 0 aliphatic carbocycles. The van der Waals surface area contributed by atoms with Crippen LogP contribution >= 0.6 is 0 Å². The van der Waals surface area contributed by atoms with Crippen LogP contribution in [-0.2, 0) is 0 Å². The van der Waals surface area contributed by atoms with Crippen LogP contribution in [-0.4, -0.2) is 34.8 Å². The zero-order valence-electron chi connectivity index (χ0n) is 10.4. The van der Waals surface area contributed by atoms with Gasteiger partial charge in [-0.2, -0.15) is 0 Å². The average Bonchev–Trinajstić information content (AvgIpc) is 2.33. The van der Waals surface area contributed by atoms with E-state index in [1.807, 2.05) is 0 Å². The van der Waals surface area contributed by atoms with Crippen LogP contribution in [0.1, 0.15) is 32.6 Å². The summed E-state index contributed by atoms with van der Waals surface area (Å²) in [6.45, 7) is 4.08. The molecule has 2 N–H and O–H groups in total. The number of rotatable bonds is 8. The van der Waals surface area contributed by atoms with E-state index in [1.165, 1.54) is 12.4 Å². The van der Waals surface area contributed by atoms with Gasteiger partial charge < -0.3 is 15.0 Å². The lowest BCUT2D eigenvalue weighted by molar-refractivity contribution is 0.285. The predicted molar refractivity (Wildman–Crippen MR) is 68.3 cm³/mol. The van der Waals surface area contributed by atoms with Gasteiger partial charge in [0.1, 0.15) is 5.82 Å². The highest BCUT2D eigenvalue weighted by Gasteiger charge is 2.07. The molecule has 0 bridgehead atoms. The third kappa shape index (κ3) is 4.99. The second kappa shape index (κ2) is 7.84. The molecule has 0 fully saturated rings. The Hall–Kier alpha value is -1.36. The van der Waals surface area contributed by atoms with Crippen molar-refractivity contribution in [1.82, 2.24) is 9.97 Å². The monoisotopic (exact) mass is 239 g/mol. The molecule has 96 valence electrons. The average molecular weight is 239 g/mol. The Kier molecular flexibility index (Phi) is 6.32. The number of aromatic amines is 1. The lowest BCUT2D eigenvalue weighted by Crippen LogP contribution is -2.28. The van der Waals surface area contributed by atoms with Gasteiger partial charge in [-0.25, -0.2) is 4.98 Å². The van der Waals surface area contributed by atoms with Crippen LogP contribution in [0.2, 0.25) is 0 Å². The van der Waals surface area contributed by atoms with Gasteiger partial charge in [0, 0.05) is 25.8 Å². The molecule has 0 aromatic carbocycles. The summed E-state index contributed by atoms with van der Waals surface area (Å²) >= 11 is 0. The van der Waals surface area contributed by atoms with Gasteiger partial charge >= 0.3 is 0 Å². The molecule has 0 aliphatic rings. The standard InChI is InChI=1S/C12H21N3O2/c1-2-3-6-15(7-4-5-8-16)11-9-12(17)14-10-13-11/h9-10,16H,2-8H2,1H3,(H,13,14,17). The van der Waals surface area contributed by atoms with Gasteiger partial charge in [0.25, 0.3) is 5.56 Å². The van der Waals surface area contributed by atoms with Gasteiger partial charge in [0.2, 0.25) is 0 Å². The van der Waals surface area contributed by atoms with E-state index in [0.29, 0.717) is 0 Å². The van der Waals surface area contributed by atoms with Crippen molar-refractivity contribution in [2.24, 2.45) is 0 Å². The number of hydrogen-bond donors (Lipinski definition) is 2. The molecule has 0 aliphatic heterocycles. The fourth-order valence-corrected chi connectivity index (χ4v) is 1.64. The molecule has 0 saturated carbocycles. The van der Waals surface area contributed by atoms with Gasteiger partial charge in [0.05, 0.1) is 6.33 Å². The van der Waals surface area contributed by atoms with Crippen LogP contribution in [0.25, 0.3) is 0 Å². The van der Waals surface area contributed by atoms with Crippen molar-refractivity contribution in [1.29, 1.82) is 0 Å². The Morgan fingerprint density at radius 1 is 1.35 bits per heavy atom. The summed E-state index contributed by atoms with van der Waals surface area (Å²) in [5.41, 5.74) is -0.126. The zero-order valence-corrected chi connectivity index (χ0v) is 10.4. The lowest BCUT2D eigenvalue weighted by Gasteiger charge is -2.23. The topological polar surface area (TPSA) is 69.2 Å². The Bertz CT molecular complexity index is 365. The lowest BCUT2D eigenvalue weighted by atomic mass is 10.2. The molecule has 1 heterocycles. The van der Waals surface area contributed by atoms with Crippen molar-refractivity contribution in [2.75, 3.05) is 24.6 Å². The number of aliphatic hydroxyl groups is 1. The number of nitrogens with zero attached hydrogens (tertiary/aromatic N) is 2. The molecule has 0 saturated heterocycles. The van der Waals surface area contributed by atoms with E-state index in [4.69, 9.17) is 5.11 Å². The number of anilines is 1. The fraction of sp³-hybridized carbons (Fsp3) is 0.667. The van der Waals surface area contributed by atoms with Gasteiger partial charge in [-0.15, -0.1) is 0 Å². The quantitative estimate of drug-likeness (QED) is 0.668. The second-order valence-electron chi connectivity index (χ2n) is 4.04. The first-order valence-electron chi connectivity index (χ1n) is 6.18. The smallest absolute Gasteiger partial charge is 0.252 e. The minimum atomic E-state index is -0.126. The second-order valence-corrected chi connectivity index (χ2v) is 4.04. The van der Waals surface area contributed by atoms with E-state index >= 15 is 0 Å². The van der Waals surface area contributed by atoms with E-state index in [2.05, 4.69) is 21.8 Å². The molecule has 0 unspecified atom stereocenters. The van der Waals surface area contributed by atoms with Crippen molar-refractivity contribution in [3.05, 3.63) is 22.7 Å². The normalized spacial score (nSPS) is 10.5. The van der Waals surface area contributed by atoms with Crippen molar-refractivity contribution in [3.63, 3.8) is 0 Å². The van der Waals surface area contributed by atoms with E-state index in [0.717, 1.165) is 44.6 Å². The summed E-state index contributed by atoms with van der Waals surface area (Å²) in [5.74, 6) is 0.722. The van der Waals surface area contributed by atoms with E-state index < -0.39 is 0 Å². The highest BCUT2D eigenvalue weighted by Crippen LogP contribution is 2.09. The minimum Gasteiger partial charge on any atom is -0.396 e. The Morgan fingerprint density at radius 2 is 2.12 bits per heavy atom. The number of unbranched alkanes of at least 4 members (excludes halogenated alkanes) is 2. The minimum absolute atomic E-state index is 0.126. The molecule has 0 radical (unpaired) electrons. The molecule has 0 atom stereocenters. The Balaban J connectivity index is 2.64. The van der Waals surface area contributed by atoms with Gasteiger partial charge in [0.15, 0.2) is 0 Å². The van der Waals surface area contributed by atoms with Crippen LogP contribution in [0.5, 0.6) is 0 Å². The summed E-state index contributed by atoms with van der Waals surface area (Å²) in [6, 6.07) is 1.52. The van der Waals surface area contributed by atoms with Crippen LogP contribution in [0.4, 0.5) is 5.82 Å². The van der Waals surface area contributed by atoms with Crippen LogP contribution in [0.3, 0.4) is 0 Å². The largest absolute Gasteiger partial charge is 0.396 e. The number of aromatic nitrogens is 2. The molecule has 5 heteroatoms. The maximum absolute atomic E-state index is 11.2. The van der Waals surface area contributed by atoms with Crippen molar-refractivity contribution >= 4 is 5.82 Å². The third-order valence-electron chi connectivity index (χ3n) is 2.61. The van der Waals surface area contributed by atoms with Gasteiger partial charge in [-0.1, -0.05) is 13.3 Å². The number of aliphatic hydroxyl groups excluding tert-OH is 1. The number of hydrogen-bond acceptors (Lipinski definition) is 4. The highest BCUT2D eigenvalue weighted by molar-refractivity contribution is 5.36. The molecule has 1 aromatic rings. The summed E-state index contributed by atoms with van der Waals surface area (Å²) in [4.78, 5) is 20.0. The van der Waals surface area contributed by atoms with Crippen LogP contribution < -0.4 is 10.5 Å². The SMILES string of the molecule is CCCCN(CCCCO)c1cc(=O)[nH]cn1. The predicted octanol–water partition coefficient (Wildman–Crippen LogP) is 1.15. The van der Waals surface area contributed by atoms with E-state index in [-0.39, 0.29) is 12.2 Å². The zero-order chi connectivity index (χ0) is 12.5. The van der Waals surface area contributed by atoms with Gasteiger partial charge in [-0.05, 0) is 19.3 Å². The number of nitrogens with one attached hydrogen (secondary N) is 1. The summed E-state index contributed by atoms with van der Waals surface area (Å²) in [7, 11) is 0. The van der Waals surface area contributed by atoms with Gasteiger partial charge in [-0.3, -0.25) is 4.79 Å². The number of H-pyrrole nitrogens is 1. The molecule has 17 heavy (non-hydrogen) atoms. The molecular weight excluding hydrogens is 218 g/mol. The van der Waals surface area contributed by atoms with Crippen molar-refractivity contribution < 1.29 is 5.11 Å². The van der Waals surface area contributed by atoms with Crippen LogP contribution in [0, 0.1) is 0 Å². The third-order valence-corrected chi connectivity index (χ3v) is 2.61. The molecule has 5 nitrogen and oxygen atoms in total. The first-order chi connectivity index (χ1) is 8.27. The van der Waals surface area contributed by atoms with Crippen molar-refractivity contribution in [3.8, 4) is 0 Å². The first kappa shape index (κ1) is 13.7. The Morgan fingerprint density at radius 3 is 2.76 bits per heavy atom. The summed E-state index contributed by atoms with van der Waals surface area (Å²) in [6.07, 6.45) is 5.32. The van der Waals surface area contributed by atoms with Crippen LogP contribution in [0.15, 0.2) is 17.2 Å². The first-order valence-corrected chi connectivity index (χ1v) is 6.18. The maximum Gasteiger partial charge on any atom is 0.252 e. The summed E-state index contributed by atoms with van der Waals surface area (Å²) < 4.78 is 0. The molecular formula is C12H21N3O2. The fourth-order valence-electron chi connectivity index (χ4n) is 1.64. The molecule has 0 spiro atoms. The summed E-state index contributed by atoms with van der Waals surface area (Å²) in [5, 5.41) is 8.78. The van der Waals surface area contributed by atoms with E-state index in [9.17, 15) is 4.79 Å². The Labute approximate surface area is 102 Å². The molecule has 1 aromatic heterocycles. The maximum atomic E-state index is 11.2. The molecule has 0 amide bonds. The molecule has 1 rings (SSSR count). The van der Waals surface area contributed by atoms with E-state index in [1.54, 1.807) is 0 Å². The van der Waals surface area contributed by atoms with Crippen molar-refractivity contribution in [2.45, 2.75) is 32.6 Å². The highest BCUT2D eigenvalue weighted by atomic mass is 16.2.